The summed E-state index contributed by atoms with van der Waals surface area (Å²) >= 11 is 0. The minimum absolute atomic E-state index is 0.0475. The van der Waals surface area contributed by atoms with Crippen LogP contribution in [0.1, 0.15) is 158 Å². The van der Waals surface area contributed by atoms with Gasteiger partial charge in [0.2, 0.25) is 0 Å². The van der Waals surface area contributed by atoms with Gasteiger partial charge in [-0.2, -0.15) is 0 Å². The van der Waals surface area contributed by atoms with Crippen molar-refractivity contribution < 1.29 is 34.5 Å². The molecule has 504 valence electrons. The lowest BCUT2D eigenvalue weighted by molar-refractivity contribution is -0.307. The van der Waals surface area contributed by atoms with Crippen LogP contribution < -0.4 is 15.3 Å². The highest BCUT2D eigenvalue weighted by molar-refractivity contribution is 6.27. The number of aliphatic carboxylic acids is 3. The third-order valence-electron chi connectivity index (χ3n) is 20.9. The Hall–Kier alpha value is -10.2. The van der Waals surface area contributed by atoms with Crippen LogP contribution >= 0.6 is 0 Å². The van der Waals surface area contributed by atoms with Gasteiger partial charge in [0.15, 0.2) is 0 Å². The summed E-state index contributed by atoms with van der Waals surface area (Å²) in [4.78, 5) is 42.9. The summed E-state index contributed by atoms with van der Waals surface area (Å²) < 4.78 is 0. The van der Waals surface area contributed by atoms with Gasteiger partial charge in [-0.25, -0.2) is 0 Å². The molecule has 0 aromatic heterocycles. The second-order valence-electron chi connectivity index (χ2n) is 27.8. The average Bonchev–Trinajstić information content (AvgIpc) is 0.768. The number of aryl methyl sites for hydroxylation is 3. The predicted molar refractivity (Wildman–Crippen MR) is 413 cm³/mol. The lowest BCUT2D eigenvalue weighted by Crippen LogP contribution is -2.24. The number of carboxylic acids is 3. The molecule has 7 nitrogen and oxygen atoms in total. The fourth-order valence-corrected chi connectivity index (χ4v) is 16.0. The van der Waals surface area contributed by atoms with E-state index in [0.717, 1.165) is 66.7 Å². The first-order valence-corrected chi connectivity index (χ1v) is 36.7. The number of hydrogen-bond acceptors (Lipinski definition) is 7. The van der Waals surface area contributed by atoms with Crippen molar-refractivity contribution in [3.63, 3.8) is 0 Å². The molecule has 7 heteroatoms. The Labute approximate surface area is 585 Å². The van der Waals surface area contributed by atoms with E-state index in [2.05, 4.69) is 194 Å². The number of carbonyl (C=O) groups is 4. The van der Waals surface area contributed by atoms with Gasteiger partial charge in [0.05, 0.1) is 0 Å². The fraction of sp³-hybridized carbons (Fsp3) is 0.269. The maximum absolute atomic E-state index is 10.9. The first-order chi connectivity index (χ1) is 48.9. The Morgan fingerprint density at radius 1 is 0.220 bits per heavy atom. The summed E-state index contributed by atoms with van der Waals surface area (Å²) in [5, 5.41) is 63.0. The second kappa shape index (κ2) is 32.2. The van der Waals surface area contributed by atoms with E-state index in [1.807, 2.05) is 24.3 Å². The second-order valence-corrected chi connectivity index (χ2v) is 27.8. The third-order valence-corrected chi connectivity index (χ3v) is 20.9. The molecule has 16 aromatic rings. The van der Waals surface area contributed by atoms with Crippen LogP contribution in [0.4, 0.5) is 0 Å². The SMILES string of the molecule is CC(=O)CCCCCCCCCCCc1ccc2ccc3cccc4ccc1c2c34.O=C([O-])CCCCCCCCCc1ccc2ccc3cccc4ccc1c2c34.O=C([O-])CCCc1ccc2ccc3cccc4ccc1c2c34.O=C([O-])Cc1ccc2ccc3cccc4ccc1c2c34. The third kappa shape index (κ3) is 15.6. The summed E-state index contributed by atoms with van der Waals surface area (Å²) in [6, 6.07) is 78.3. The molecule has 0 bridgehead atoms. The fourth-order valence-electron chi connectivity index (χ4n) is 16.0. The van der Waals surface area contributed by atoms with Crippen molar-refractivity contribution in [2.75, 3.05) is 0 Å². The molecule has 16 aromatic carbocycles. The number of Topliss-reactive ketones (excluding diaryl/α,β-unsaturated/α-hetero) is 1. The molecule has 0 aliphatic rings. The van der Waals surface area contributed by atoms with Gasteiger partial charge in [-0.05, 0) is 223 Å². The van der Waals surface area contributed by atoms with E-state index in [0.29, 0.717) is 12.2 Å². The zero-order valence-corrected chi connectivity index (χ0v) is 57.6. The van der Waals surface area contributed by atoms with Gasteiger partial charge in [0, 0.05) is 30.7 Å². The van der Waals surface area contributed by atoms with E-state index in [-0.39, 0.29) is 19.3 Å². The van der Waals surface area contributed by atoms with Crippen molar-refractivity contribution in [3.05, 3.63) is 241 Å². The highest BCUT2D eigenvalue weighted by Crippen LogP contribution is 2.41. The Morgan fingerprint density at radius 3 is 0.730 bits per heavy atom. The smallest absolute Gasteiger partial charge is 0.129 e. The number of rotatable bonds is 28. The highest BCUT2D eigenvalue weighted by Gasteiger charge is 2.16. The number of hydrogen-bond donors (Lipinski definition) is 0. The number of benzene rings is 16. The Balaban J connectivity index is 0.000000121. The number of ketones is 1. The zero-order chi connectivity index (χ0) is 68.9. The molecule has 16 rings (SSSR count). The van der Waals surface area contributed by atoms with Gasteiger partial charge < -0.3 is 34.5 Å². The van der Waals surface area contributed by atoms with E-state index < -0.39 is 17.9 Å². The molecule has 100 heavy (non-hydrogen) atoms. The first kappa shape index (κ1) is 68.3. The highest BCUT2D eigenvalue weighted by atomic mass is 16.4. The summed E-state index contributed by atoms with van der Waals surface area (Å²) in [6.07, 6.45) is 24.1. The van der Waals surface area contributed by atoms with Crippen LogP contribution in [0.2, 0.25) is 0 Å². The van der Waals surface area contributed by atoms with Gasteiger partial charge >= 0.3 is 0 Å². The molecule has 0 N–H and O–H groups in total. The topological polar surface area (TPSA) is 137 Å². The van der Waals surface area contributed by atoms with E-state index >= 15 is 0 Å². The van der Waals surface area contributed by atoms with E-state index in [1.165, 1.54) is 213 Å². The van der Waals surface area contributed by atoms with Gasteiger partial charge in [-0.3, -0.25) is 0 Å². The number of carboxylic acid groups (broad SMARTS) is 3. The molecule has 0 aliphatic carbocycles. The number of unbranched alkanes of at least 4 members (excludes halogenated alkanes) is 14. The molecule has 0 unspecified atom stereocenters. The van der Waals surface area contributed by atoms with Crippen LogP contribution in [0, 0.1) is 0 Å². The van der Waals surface area contributed by atoms with Crippen molar-refractivity contribution in [2.24, 2.45) is 0 Å². The lowest BCUT2D eigenvalue weighted by atomic mass is 9.90. The van der Waals surface area contributed by atoms with Crippen molar-refractivity contribution in [3.8, 4) is 0 Å². The van der Waals surface area contributed by atoms with Crippen molar-refractivity contribution in [1.82, 2.24) is 0 Å². The molecular weight excluding hydrogens is 1230 g/mol. The maximum Gasteiger partial charge on any atom is 0.129 e. The molecule has 0 aliphatic heterocycles. The Morgan fingerprint density at radius 2 is 0.440 bits per heavy atom. The quantitative estimate of drug-likeness (QED) is 0.0352. The summed E-state index contributed by atoms with van der Waals surface area (Å²) in [5.74, 6) is -2.61. The molecular formula is C93H87O7-3. The van der Waals surface area contributed by atoms with Crippen molar-refractivity contribution in [2.45, 2.75) is 161 Å². The zero-order valence-electron chi connectivity index (χ0n) is 57.6. The van der Waals surface area contributed by atoms with Crippen molar-refractivity contribution in [1.29, 1.82) is 0 Å². The van der Waals surface area contributed by atoms with Crippen molar-refractivity contribution >= 4 is 153 Å². The van der Waals surface area contributed by atoms with Gasteiger partial charge in [0.1, 0.15) is 5.78 Å². The molecule has 0 atom stereocenters. The maximum atomic E-state index is 10.9. The van der Waals surface area contributed by atoms with Gasteiger partial charge in [-0.15, -0.1) is 0 Å². The molecule has 0 heterocycles. The van der Waals surface area contributed by atoms with Gasteiger partial charge in [-0.1, -0.05) is 295 Å². The average molecular weight is 1320 g/mol. The molecule has 0 spiro atoms. The van der Waals surface area contributed by atoms with Crippen LogP contribution in [-0.2, 0) is 44.9 Å². The van der Waals surface area contributed by atoms with Crippen LogP contribution in [0.15, 0.2) is 218 Å². The molecule has 0 saturated heterocycles. The molecule has 0 radical (unpaired) electrons. The standard InChI is InChI=1S/C29H34O.C26H28O2.C20H16O2.C18H12O2/c1-22(30)12-9-7-5-3-2-4-6-8-10-13-23-16-17-26-19-18-24-14-11-15-25-20-21-27(23)29(26)28(24)25;27-24(28)12-7-5-3-1-2-4-6-9-19-13-14-22-16-15-20-10-8-11-21-17-18-23(19)26(22)25(20)21;21-18(22)6-2-3-13-7-8-16-10-9-14-4-1-5-15-11-12-17(13)20(16)19(14)15;19-16(20)10-14-7-6-13-5-4-11-2-1-3-12-8-9-15(14)18(13)17(11)12/h11,14-21H,2-10,12-13H2,1H3;8,10-11,13-18H,1-7,9,12H2,(H,27,28);1,4-5,7-12H,2-3,6H2,(H,21,22);1-9H,10H2,(H,19,20)/p-3. The van der Waals surface area contributed by atoms with E-state index in [4.69, 9.17) is 0 Å². The van der Waals surface area contributed by atoms with Crippen LogP contribution in [0.25, 0.3) is 129 Å². The van der Waals surface area contributed by atoms with Crippen LogP contribution in [-0.4, -0.2) is 23.7 Å². The predicted octanol–water partition coefficient (Wildman–Crippen LogP) is 21.1. The summed E-state index contributed by atoms with van der Waals surface area (Å²) in [7, 11) is 0. The lowest BCUT2D eigenvalue weighted by Gasteiger charge is -2.14. The summed E-state index contributed by atoms with van der Waals surface area (Å²) in [6.45, 7) is 1.70. The van der Waals surface area contributed by atoms with E-state index in [1.54, 1.807) is 6.92 Å². The van der Waals surface area contributed by atoms with Crippen LogP contribution in [0.3, 0.4) is 0 Å². The molecule has 0 amide bonds. The minimum atomic E-state index is -1.04. The molecule has 0 fully saturated rings. The van der Waals surface area contributed by atoms with Gasteiger partial charge in [0.25, 0.3) is 0 Å². The van der Waals surface area contributed by atoms with E-state index in [9.17, 15) is 34.5 Å². The van der Waals surface area contributed by atoms with Crippen LogP contribution in [0.5, 0.6) is 0 Å². The number of carbonyl (C=O) groups excluding carboxylic acids is 4. The normalized spacial score (nSPS) is 11.7. The minimum Gasteiger partial charge on any atom is -0.550 e. The largest absolute Gasteiger partial charge is 0.550 e. The monoisotopic (exact) mass is 1320 g/mol. The molecule has 0 saturated carbocycles. The Kier molecular flexibility index (Phi) is 22.0. The first-order valence-electron chi connectivity index (χ1n) is 36.7. The summed E-state index contributed by atoms with van der Waals surface area (Å²) in [5.41, 5.74) is 4.99. The Bertz CT molecular complexity index is 5420.